The number of carbonyl (C=O) groups excluding carboxylic acids is 1. The van der Waals surface area contributed by atoms with Gasteiger partial charge in [0.25, 0.3) is 0 Å². The molecule has 1 aliphatic rings. The molecule has 1 aromatic rings. The smallest absolute Gasteiger partial charge is 0.247 e. The number of sulfonamides is 1. The van der Waals surface area contributed by atoms with E-state index in [1.165, 1.54) is 6.07 Å². The molecular weight excluding hydrogens is 312 g/mol. The van der Waals surface area contributed by atoms with Gasteiger partial charge < -0.3 is 10.1 Å². The SMILES string of the molecule is CCC1OCCC1C(=O)NC(C)c1ccc(S(N)(=O)=O)s1. The molecule has 1 aromatic heterocycles. The molecule has 1 fully saturated rings. The first-order valence-corrected chi connectivity index (χ1v) is 9.23. The average molecular weight is 332 g/mol. The molecule has 3 unspecified atom stereocenters. The minimum Gasteiger partial charge on any atom is -0.377 e. The van der Waals surface area contributed by atoms with Crippen LogP contribution in [-0.2, 0) is 19.6 Å². The molecule has 1 saturated heterocycles. The number of thiophene rings is 1. The maximum absolute atomic E-state index is 12.3. The molecule has 21 heavy (non-hydrogen) atoms. The molecular formula is C13H20N2O4S2. The van der Waals surface area contributed by atoms with Gasteiger partial charge in [0.1, 0.15) is 4.21 Å². The number of nitrogens with one attached hydrogen (secondary N) is 1. The van der Waals surface area contributed by atoms with Crippen molar-refractivity contribution < 1.29 is 17.9 Å². The fraction of sp³-hybridized carbons (Fsp3) is 0.615. The monoisotopic (exact) mass is 332 g/mol. The van der Waals surface area contributed by atoms with Gasteiger partial charge in [0.15, 0.2) is 0 Å². The van der Waals surface area contributed by atoms with Crippen molar-refractivity contribution in [1.29, 1.82) is 0 Å². The maximum atomic E-state index is 12.3. The molecule has 0 aromatic carbocycles. The largest absolute Gasteiger partial charge is 0.377 e. The number of primary sulfonamides is 1. The molecule has 118 valence electrons. The van der Waals surface area contributed by atoms with Crippen molar-refractivity contribution in [2.24, 2.45) is 11.1 Å². The lowest BCUT2D eigenvalue weighted by Gasteiger charge is -2.19. The standard InChI is InChI=1S/C13H20N2O4S2/c1-3-10-9(6-7-19-10)13(16)15-8(2)11-4-5-12(20-11)21(14,17)18/h4-5,8-10H,3,6-7H2,1-2H3,(H,15,16)(H2,14,17,18). The number of nitrogens with two attached hydrogens (primary N) is 1. The van der Waals surface area contributed by atoms with Crippen molar-refractivity contribution in [3.8, 4) is 0 Å². The number of ether oxygens (including phenoxy) is 1. The summed E-state index contributed by atoms with van der Waals surface area (Å²) in [5.74, 6) is -0.174. The van der Waals surface area contributed by atoms with E-state index in [1.807, 2.05) is 13.8 Å². The second kappa shape index (κ2) is 6.43. The number of amides is 1. The highest BCUT2D eigenvalue weighted by Gasteiger charge is 2.33. The first-order chi connectivity index (χ1) is 9.82. The molecule has 3 atom stereocenters. The van der Waals surface area contributed by atoms with Crippen LogP contribution in [0.5, 0.6) is 0 Å². The lowest BCUT2D eigenvalue weighted by atomic mass is 9.98. The summed E-state index contributed by atoms with van der Waals surface area (Å²) in [7, 11) is -3.69. The molecule has 0 aliphatic carbocycles. The van der Waals surface area contributed by atoms with Gasteiger partial charge in [0.2, 0.25) is 15.9 Å². The van der Waals surface area contributed by atoms with Crippen LogP contribution in [0.1, 0.15) is 37.6 Å². The molecule has 0 saturated carbocycles. The predicted octanol–water partition coefficient (Wildman–Crippen LogP) is 1.39. The molecule has 3 N–H and O–H groups in total. The Bertz CT molecular complexity index is 611. The van der Waals surface area contributed by atoms with E-state index in [1.54, 1.807) is 6.07 Å². The summed E-state index contributed by atoms with van der Waals surface area (Å²) >= 11 is 1.08. The highest BCUT2D eigenvalue weighted by molar-refractivity contribution is 7.91. The predicted molar refractivity (Wildman–Crippen MR) is 80.4 cm³/mol. The van der Waals surface area contributed by atoms with Crippen molar-refractivity contribution in [2.75, 3.05) is 6.61 Å². The van der Waals surface area contributed by atoms with Gasteiger partial charge in [-0.25, -0.2) is 13.6 Å². The van der Waals surface area contributed by atoms with Crippen LogP contribution in [0.3, 0.4) is 0 Å². The lowest BCUT2D eigenvalue weighted by Crippen LogP contribution is -2.36. The Kier molecular flexibility index (Phi) is 5.03. The summed E-state index contributed by atoms with van der Waals surface area (Å²) in [6.07, 6.45) is 1.51. The molecule has 2 heterocycles. The third-order valence-corrected chi connectivity index (χ3v) is 6.32. The molecule has 2 rings (SSSR count). The summed E-state index contributed by atoms with van der Waals surface area (Å²) in [5.41, 5.74) is 0. The zero-order chi connectivity index (χ0) is 15.6. The van der Waals surface area contributed by atoms with E-state index < -0.39 is 10.0 Å². The van der Waals surface area contributed by atoms with Crippen molar-refractivity contribution in [1.82, 2.24) is 5.32 Å². The first kappa shape index (κ1) is 16.4. The second-order valence-electron chi connectivity index (χ2n) is 5.14. The second-order valence-corrected chi connectivity index (χ2v) is 8.05. The zero-order valence-electron chi connectivity index (χ0n) is 12.0. The van der Waals surface area contributed by atoms with E-state index in [9.17, 15) is 13.2 Å². The Morgan fingerprint density at radius 1 is 1.57 bits per heavy atom. The van der Waals surface area contributed by atoms with Gasteiger partial charge >= 0.3 is 0 Å². The van der Waals surface area contributed by atoms with Crippen LogP contribution in [0, 0.1) is 5.92 Å². The van der Waals surface area contributed by atoms with Crippen molar-refractivity contribution >= 4 is 27.3 Å². The van der Waals surface area contributed by atoms with Crippen LogP contribution in [-0.4, -0.2) is 27.0 Å². The van der Waals surface area contributed by atoms with Crippen LogP contribution in [0.2, 0.25) is 0 Å². The molecule has 1 aliphatic heterocycles. The van der Waals surface area contributed by atoms with Crippen molar-refractivity contribution in [2.45, 2.75) is 43.0 Å². The van der Waals surface area contributed by atoms with Gasteiger partial charge in [-0.3, -0.25) is 4.79 Å². The number of hydrogen-bond donors (Lipinski definition) is 2. The fourth-order valence-electron chi connectivity index (χ4n) is 2.46. The summed E-state index contributed by atoms with van der Waals surface area (Å²) in [6, 6.07) is 2.89. The van der Waals surface area contributed by atoms with Gasteiger partial charge in [-0.1, -0.05) is 6.92 Å². The third-order valence-electron chi connectivity index (χ3n) is 3.62. The fourth-order valence-corrected chi connectivity index (χ4v) is 4.21. The van der Waals surface area contributed by atoms with E-state index in [0.717, 1.165) is 29.1 Å². The Hall–Kier alpha value is -0.960. The summed E-state index contributed by atoms with van der Waals surface area (Å²) < 4.78 is 28.2. The van der Waals surface area contributed by atoms with Crippen LogP contribution in [0.4, 0.5) is 0 Å². The van der Waals surface area contributed by atoms with Crippen LogP contribution < -0.4 is 10.5 Å². The molecule has 6 nitrogen and oxygen atoms in total. The van der Waals surface area contributed by atoms with Crippen LogP contribution in [0.25, 0.3) is 0 Å². The Morgan fingerprint density at radius 3 is 2.86 bits per heavy atom. The maximum Gasteiger partial charge on any atom is 0.247 e. The number of hydrogen-bond acceptors (Lipinski definition) is 5. The lowest BCUT2D eigenvalue weighted by molar-refractivity contribution is -0.127. The van der Waals surface area contributed by atoms with E-state index in [2.05, 4.69) is 5.32 Å². The van der Waals surface area contributed by atoms with Gasteiger partial charge in [-0.05, 0) is 31.9 Å². The molecule has 0 radical (unpaired) electrons. The van der Waals surface area contributed by atoms with E-state index in [-0.39, 0.29) is 28.2 Å². The summed E-state index contributed by atoms with van der Waals surface area (Å²) in [5, 5.41) is 8.01. The molecule has 8 heteroatoms. The van der Waals surface area contributed by atoms with Crippen LogP contribution >= 0.6 is 11.3 Å². The highest BCUT2D eigenvalue weighted by atomic mass is 32.2. The van der Waals surface area contributed by atoms with Gasteiger partial charge in [0.05, 0.1) is 18.1 Å². The average Bonchev–Trinajstić information content (AvgIpc) is 3.06. The number of carbonyl (C=O) groups is 1. The van der Waals surface area contributed by atoms with Gasteiger partial charge in [-0.15, -0.1) is 11.3 Å². The molecule has 0 spiro atoms. The normalized spacial score (nSPS) is 24.0. The van der Waals surface area contributed by atoms with Crippen LogP contribution in [0.15, 0.2) is 16.3 Å². The van der Waals surface area contributed by atoms with E-state index >= 15 is 0 Å². The Balaban J connectivity index is 2.02. The van der Waals surface area contributed by atoms with Gasteiger partial charge in [0, 0.05) is 11.5 Å². The third kappa shape index (κ3) is 3.82. The Labute approximate surface area is 128 Å². The number of rotatable bonds is 5. The van der Waals surface area contributed by atoms with Gasteiger partial charge in [-0.2, -0.15) is 0 Å². The first-order valence-electron chi connectivity index (χ1n) is 6.87. The van der Waals surface area contributed by atoms with E-state index in [0.29, 0.717) is 6.61 Å². The molecule has 0 bridgehead atoms. The summed E-state index contributed by atoms with van der Waals surface area (Å²) in [6.45, 7) is 4.43. The van der Waals surface area contributed by atoms with Crippen molar-refractivity contribution in [3.63, 3.8) is 0 Å². The molecule has 1 amide bonds. The van der Waals surface area contributed by atoms with E-state index in [4.69, 9.17) is 9.88 Å². The minimum atomic E-state index is -3.69. The minimum absolute atomic E-state index is 0.0273. The highest BCUT2D eigenvalue weighted by Crippen LogP contribution is 2.28. The topological polar surface area (TPSA) is 98.5 Å². The quantitative estimate of drug-likeness (QED) is 0.851. The Morgan fingerprint density at radius 2 is 2.29 bits per heavy atom. The zero-order valence-corrected chi connectivity index (χ0v) is 13.7. The van der Waals surface area contributed by atoms with Crippen molar-refractivity contribution in [3.05, 3.63) is 17.0 Å². The summed E-state index contributed by atoms with van der Waals surface area (Å²) in [4.78, 5) is 13.0.